The number of halogens is 1. The van der Waals surface area contributed by atoms with E-state index in [0.717, 1.165) is 16.4 Å². The molecule has 1 atom stereocenters. The molecular weight excluding hydrogens is 285 g/mol. The average molecular weight is 299 g/mol. The first-order valence-electron chi connectivity index (χ1n) is 6.02. The van der Waals surface area contributed by atoms with Gasteiger partial charge in [-0.3, -0.25) is 0 Å². The predicted molar refractivity (Wildman–Crippen MR) is 69.7 cm³/mol. The van der Waals surface area contributed by atoms with Crippen LogP contribution in [-0.4, -0.2) is 48.7 Å². The van der Waals surface area contributed by atoms with Crippen LogP contribution in [0.3, 0.4) is 0 Å². The molecule has 7 heteroatoms. The molecule has 0 saturated carbocycles. The smallest absolute Gasteiger partial charge is 0.246 e. The Bertz CT molecular complexity index is 663. The second-order valence-corrected chi connectivity index (χ2v) is 6.32. The zero-order chi connectivity index (χ0) is 14.8. The van der Waals surface area contributed by atoms with Crippen molar-refractivity contribution in [2.24, 2.45) is 0 Å². The molecule has 108 valence electrons. The summed E-state index contributed by atoms with van der Waals surface area (Å²) in [5.41, 5.74) is 0.289. The molecular formula is C13H14FNO4S. The molecule has 1 aromatic rings. The lowest BCUT2D eigenvalue weighted by atomic mass is 10.2. The van der Waals surface area contributed by atoms with Crippen molar-refractivity contribution in [3.8, 4) is 11.8 Å². The molecule has 20 heavy (non-hydrogen) atoms. The summed E-state index contributed by atoms with van der Waals surface area (Å²) >= 11 is 0. The Labute approximate surface area is 116 Å². The molecule has 2 N–H and O–H groups in total. The highest BCUT2D eigenvalue weighted by molar-refractivity contribution is 7.89. The van der Waals surface area contributed by atoms with Crippen LogP contribution in [-0.2, 0) is 10.0 Å². The number of aliphatic hydroxyl groups is 2. The van der Waals surface area contributed by atoms with E-state index in [1.54, 1.807) is 0 Å². The van der Waals surface area contributed by atoms with Crippen LogP contribution in [0.2, 0.25) is 0 Å². The molecule has 2 rings (SSSR count). The van der Waals surface area contributed by atoms with Crippen LogP contribution in [0.4, 0.5) is 4.39 Å². The summed E-state index contributed by atoms with van der Waals surface area (Å²) in [5, 5.41) is 17.9. The Hall–Kier alpha value is -1.46. The number of benzene rings is 1. The SMILES string of the molecule is O=S(=O)(c1ccc(C#CCO)cc1F)N1CCC(O)C1. The zero-order valence-electron chi connectivity index (χ0n) is 10.6. The summed E-state index contributed by atoms with van der Waals surface area (Å²) in [7, 11) is -3.94. The van der Waals surface area contributed by atoms with Crippen molar-refractivity contribution < 1.29 is 23.0 Å². The first-order valence-corrected chi connectivity index (χ1v) is 7.46. The number of aliphatic hydroxyl groups excluding tert-OH is 2. The fourth-order valence-electron chi connectivity index (χ4n) is 2.00. The summed E-state index contributed by atoms with van der Waals surface area (Å²) in [6, 6.07) is 3.55. The topological polar surface area (TPSA) is 77.8 Å². The fourth-order valence-corrected chi connectivity index (χ4v) is 3.54. The number of hydrogen-bond acceptors (Lipinski definition) is 4. The largest absolute Gasteiger partial charge is 0.392 e. The summed E-state index contributed by atoms with van der Waals surface area (Å²) in [4.78, 5) is -0.429. The van der Waals surface area contributed by atoms with Crippen LogP contribution in [0.15, 0.2) is 23.1 Å². The minimum atomic E-state index is -3.94. The van der Waals surface area contributed by atoms with Crippen LogP contribution in [0.25, 0.3) is 0 Å². The molecule has 1 heterocycles. The summed E-state index contributed by atoms with van der Waals surface area (Å²) in [5.74, 6) is 3.97. The normalized spacial score (nSPS) is 19.6. The third-order valence-electron chi connectivity index (χ3n) is 2.99. The van der Waals surface area contributed by atoms with E-state index in [0.29, 0.717) is 6.42 Å². The van der Waals surface area contributed by atoms with Gasteiger partial charge in [-0.25, -0.2) is 12.8 Å². The lowest BCUT2D eigenvalue weighted by molar-refractivity contribution is 0.189. The number of hydrogen-bond donors (Lipinski definition) is 2. The second kappa shape index (κ2) is 5.89. The number of nitrogens with zero attached hydrogens (tertiary/aromatic N) is 1. The predicted octanol–water partition coefficient (Wildman–Crippen LogP) is -0.0752. The molecule has 0 spiro atoms. The second-order valence-electron chi connectivity index (χ2n) is 4.41. The van der Waals surface area contributed by atoms with Crippen LogP contribution in [0.5, 0.6) is 0 Å². The Morgan fingerprint density at radius 3 is 2.75 bits per heavy atom. The fraction of sp³-hybridized carbons (Fsp3) is 0.385. The quantitative estimate of drug-likeness (QED) is 0.749. The van der Waals surface area contributed by atoms with Crippen molar-refractivity contribution in [1.82, 2.24) is 4.31 Å². The highest BCUT2D eigenvalue weighted by Gasteiger charge is 2.33. The van der Waals surface area contributed by atoms with Crippen LogP contribution >= 0.6 is 0 Å². The number of sulfonamides is 1. The third kappa shape index (κ3) is 2.99. The van der Waals surface area contributed by atoms with E-state index in [1.807, 2.05) is 0 Å². The molecule has 0 aliphatic carbocycles. The standard InChI is InChI=1S/C13H14FNO4S/c14-12-8-10(2-1-7-16)3-4-13(12)20(18,19)15-6-5-11(17)9-15/h3-4,8,11,16-17H,5-7,9H2. The van der Waals surface area contributed by atoms with Crippen molar-refractivity contribution >= 4 is 10.0 Å². The van der Waals surface area contributed by atoms with Gasteiger partial charge in [0.25, 0.3) is 0 Å². The van der Waals surface area contributed by atoms with Gasteiger partial charge in [-0.15, -0.1) is 0 Å². The van der Waals surface area contributed by atoms with E-state index >= 15 is 0 Å². The number of β-amino-alcohol motifs (C(OH)–C–C–N with tert-alkyl or cyclic N) is 1. The van der Waals surface area contributed by atoms with Crippen molar-refractivity contribution in [2.45, 2.75) is 17.4 Å². The van der Waals surface area contributed by atoms with E-state index in [1.165, 1.54) is 6.07 Å². The molecule has 1 aliphatic heterocycles. The average Bonchev–Trinajstić information content (AvgIpc) is 2.83. The maximum Gasteiger partial charge on any atom is 0.246 e. The molecule has 0 amide bonds. The summed E-state index contributed by atoms with van der Waals surface area (Å²) < 4.78 is 39.4. The molecule has 0 aromatic heterocycles. The Morgan fingerprint density at radius 1 is 1.45 bits per heavy atom. The monoisotopic (exact) mass is 299 g/mol. The minimum Gasteiger partial charge on any atom is -0.392 e. The first-order chi connectivity index (χ1) is 9.45. The maximum absolute atomic E-state index is 13.9. The van der Waals surface area contributed by atoms with E-state index in [-0.39, 0.29) is 25.3 Å². The van der Waals surface area contributed by atoms with Crippen LogP contribution < -0.4 is 0 Å². The van der Waals surface area contributed by atoms with Gasteiger partial charge in [-0.1, -0.05) is 11.8 Å². The van der Waals surface area contributed by atoms with E-state index in [4.69, 9.17) is 5.11 Å². The molecule has 1 aliphatic rings. The highest BCUT2D eigenvalue weighted by Crippen LogP contribution is 2.23. The van der Waals surface area contributed by atoms with Gasteiger partial charge in [0.2, 0.25) is 10.0 Å². The number of rotatable bonds is 2. The van der Waals surface area contributed by atoms with Gasteiger partial charge in [0.1, 0.15) is 17.3 Å². The molecule has 0 bridgehead atoms. The van der Waals surface area contributed by atoms with Gasteiger partial charge in [0.05, 0.1) is 6.10 Å². The highest BCUT2D eigenvalue weighted by atomic mass is 32.2. The molecule has 1 unspecified atom stereocenters. The third-order valence-corrected chi connectivity index (χ3v) is 4.89. The van der Waals surface area contributed by atoms with Gasteiger partial charge in [0.15, 0.2) is 0 Å². The summed E-state index contributed by atoms with van der Waals surface area (Å²) in [6.07, 6.45) is -0.358. The van der Waals surface area contributed by atoms with Crippen LogP contribution in [0, 0.1) is 17.7 Å². The first kappa shape index (κ1) is 14.9. The minimum absolute atomic E-state index is 0.0200. The van der Waals surface area contributed by atoms with Crippen molar-refractivity contribution in [1.29, 1.82) is 0 Å². The van der Waals surface area contributed by atoms with E-state index in [9.17, 15) is 17.9 Å². The summed E-state index contributed by atoms with van der Waals surface area (Å²) in [6.45, 7) is -0.198. The van der Waals surface area contributed by atoms with Gasteiger partial charge < -0.3 is 10.2 Å². The molecule has 1 aromatic carbocycles. The molecule has 1 saturated heterocycles. The molecule has 5 nitrogen and oxygen atoms in total. The Morgan fingerprint density at radius 2 is 2.20 bits per heavy atom. The molecule has 0 radical (unpaired) electrons. The molecule has 1 fully saturated rings. The maximum atomic E-state index is 13.9. The van der Waals surface area contributed by atoms with Crippen molar-refractivity contribution in [3.05, 3.63) is 29.6 Å². The van der Waals surface area contributed by atoms with E-state index in [2.05, 4.69) is 11.8 Å². The lowest BCUT2D eigenvalue weighted by Crippen LogP contribution is -2.30. The van der Waals surface area contributed by atoms with Crippen LogP contribution in [0.1, 0.15) is 12.0 Å². The van der Waals surface area contributed by atoms with Gasteiger partial charge in [-0.2, -0.15) is 4.31 Å². The van der Waals surface area contributed by atoms with Crippen molar-refractivity contribution in [2.75, 3.05) is 19.7 Å². The van der Waals surface area contributed by atoms with Gasteiger partial charge in [0, 0.05) is 18.7 Å². The Kier molecular flexibility index (Phi) is 4.40. The zero-order valence-corrected chi connectivity index (χ0v) is 11.4. The van der Waals surface area contributed by atoms with E-state index < -0.39 is 26.8 Å². The Balaban J connectivity index is 2.33. The van der Waals surface area contributed by atoms with Gasteiger partial charge in [-0.05, 0) is 24.6 Å². The van der Waals surface area contributed by atoms with Gasteiger partial charge >= 0.3 is 0 Å². The lowest BCUT2D eigenvalue weighted by Gasteiger charge is -2.16. The van der Waals surface area contributed by atoms with Crippen molar-refractivity contribution in [3.63, 3.8) is 0 Å².